The van der Waals surface area contributed by atoms with Gasteiger partial charge in [-0.15, -0.1) is 0 Å². The van der Waals surface area contributed by atoms with Crippen LogP contribution in [0, 0.1) is 13.8 Å². The topological polar surface area (TPSA) is 47.8 Å². The second kappa shape index (κ2) is 7.32. The van der Waals surface area contributed by atoms with Gasteiger partial charge in [-0.1, -0.05) is 28.1 Å². The van der Waals surface area contributed by atoms with Crippen molar-refractivity contribution in [2.75, 3.05) is 0 Å². The number of halogens is 1. The van der Waals surface area contributed by atoms with Crippen LogP contribution in [0.1, 0.15) is 18.3 Å². The third-order valence-electron chi connectivity index (χ3n) is 4.86. The molecular formula is C23H20BrN3O. The third-order valence-corrected chi connectivity index (χ3v) is 5.36. The van der Waals surface area contributed by atoms with E-state index in [0.717, 1.165) is 43.6 Å². The minimum absolute atomic E-state index is 0.0336. The normalized spacial score (nSPS) is 11.1. The van der Waals surface area contributed by atoms with Gasteiger partial charge in [0.15, 0.2) is 0 Å². The number of hydrogen-bond donors (Lipinski definition) is 0. The van der Waals surface area contributed by atoms with Crippen LogP contribution in [0.15, 0.2) is 64.0 Å². The molecule has 0 spiro atoms. The van der Waals surface area contributed by atoms with Gasteiger partial charge in [-0.25, -0.2) is 4.98 Å². The molecule has 0 amide bonds. The zero-order valence-corrected chi connectivity index (χ0v) is 17.6. The molecule has 28 heavy (non-hydrogen) atoms. The first-order chi connectivity index (χ1) is 13.5. The van der Waals surface area contributed by atoms with E-state index in [4.69, 9.17) is 4.98 Å². The van der Waals surface area contributed by atoms with Gasteiger partial charge in [0.2, 0.25) is 0 Å². The van der Waals surface area contributed by atoms with Crippen LogP contribution in [0.3, 0.4) is 0 Å². The van der Waals surface area contributed by atoms with E-state index in [-0.39, 0.29) is 5.56 Å². The maximum atomic E-state index is 13.6. The lowest BCUT2D eigenvalue weighted by molar-refractivity contribution is 0.750. The Morgan fingerprint density at radius 3 is 2.46 bits per heavy atom. The molecule has 0 saturated carbocycles. The van der Waals surface area contributed by atoms with Crippen LogP contribution in [0.5, 0.6) is 0 Å². The zero-order valence-electron chi connectivity index (χ0n) is 16.0. The van der Waals surface area contributed by atoms with Crippen molar-refractivity contribution in [1.29, 1.82) is 0 Å². The van der Waals surface area contributed by atoms with Gasteiger partial charge in [-0.3, -0.25) is 14.3 Å². The molecule has 0 aliphatic carbocycles. The van der Waals surface area contributed by atoms with Crippen LogP contribution in [0.2, 0.25) is 0 Å². The fourth-order valence-electron chi connectivity index (χ4n) is 3.62. The van der Waals surface area contributed by atoms with Crippen molar-refractivity contribution in [3.8, 4) is 22.3 Å². The first kappa shape index (κ1) is 18.6. The second-order valence-corrected chi connectivity index (χ2v) is 7.74. The Morgan fingerprint density at radius 2 is 1.75 bits per heavy atom. The van der Waals surface area contributed by atoms with Crippen LogP contribution < -0.4 is 5.56 Å². The van der Waals surface area contributed by atoms with E-state index in [2.05, 4.69) is 27.0 Å². The van der Waals surface area contributed by atoms with Gasteiger partial charge < -0.3 is 0 Å². The highest BCUT2D eigenvalue weighted by atomic mass is 79.9. The Bertz CT molecular complexity index is 1260. The van der Waals surface area contributed by atoms with Gasteiger partial charge in [-0.2, -0.15) is 0 Å². The molecule has 0 radical (unpaired) electrons. The van der Waals surface area contributed by atoms with Gasteiger partial charge in [-0.05, 0) is 68.3 Å². The fraction of sp³-hybridized carbons (Fsp3) is 0.174. The number of hydrogen-bond acceptors (Lipinski definition) is 3. The molecule has 0 bridgehead atoms. The molecule has 0 atom stereocenters. The summed E-state index contributed by atoms with van der Waals surface area (Å²) < 4.78 is 2.73. The average Bonchev–Trinajstić information content (AvgIpc) is 2.67. The maximum Gasteiger partial charge on any atom is 0.260 e. The Balaban J connectivity index is 2.24. The molecular weight excluding hydrogens is 414 g/mol. The summed E-state index contributed by atoms with van der Waals surface area (Å²) in [6, 6.07) is 16.0. The molecule has 0 fully saturated rings. The van der Waals surface area contributed by atoms with Crippen molar-refractivity contribution in [3.63, 3.8) is 0 Å². The molecule has 0 N–H and O–H groups in total. The SMILES string of the molecule is CCn1c(=O)c(-c2ccnc(C)c2)c(-c2cccc(Br)c2)c2ccc(C)nc21. The summed E-state index contributed by atoms with van der Waals surface area (Å²) in [5, 5.41) is 0.967. The fourth-order valence-corrected chi connectivity index (χ4v) is 4.02. The molecule has 0 unspecified atom stereocenters. The van der Waals surface area contributed by atoms with Gasteiger partial charge in [0.1, 0.15) is 5.65 Å². The Labute approximate surface area is 172 Å². The molecule has 4 aromatic rings. The highest BCUT2D eigenvalue weighted by Crippen LogP contribution is 2.36. The van der Waals surface area contributed by atoms with E-state index < -0.39 is 0 Å². The average molecular weight is 434 g/mol. The highest BCUT2D eigenvalue weighted by molar-refractivity contribution is 9.10. The van der Waals surface area contributed by atoms with E-state index in [1.54, 1.807) is 10.8 Å². The largest absolute Gasteiger partial charge is 0.292 e. The van der Waals surface area contributed by atoms with Crippen molar-refractivity contribution in [2.24, 2.45) is 0 Å². The standard InChI is InChI=1S/C23H20BrN3O/c1-4-27-22-19(9-8-14(2)26-22)20(16-6-5-7-18(24)13-16)21(23(27)28)17-10-11-25-15(3)12-17/h5-13H,4H2,1-3H3. The molecule has 4 nitrogen and oxygen atoms in total. The third kappa shape index (κ3) is 3.16. The van der Waals surface area contributed by atoms with Crippen LogP contribution in [-0.4, -0.2) is 14.5 Å². The molecule has 5 heteroatoms. The van der Waals surface area contributed by atoms with Crippen molar-refractivity contribution >= 4 is 27.0 Å². The summed E-state index contributed by atoms with van der Waals surface area (Å²) in [6.07, 6.45) is 1.75. The summed E-state index contributed by atoms with van der Waals surface area (Å²) in [7, 11) is 0. The van der Waals surface area contributed by atoms with E-state index in [1.807, 2.05) is 63.2 Å². The van der Waals surface area contributed by atoms with Gasteiger partial charge >= 0.3 is 0 Å². The van der Waals surface area contributed by atoms with E-state index >= 15 is 0 Å². The number of fused-ring (bicyclic) bond motifs is 1. The molecule has 3 aromatic heterocycles. The van der Waals surface area contributed by atoms with Crippen LogP contribution >= 0.6 is 15.9 Å². The van der Waals surface area contributed by atoms with E-state index in [0.29, 0.717) is 12.1 Å². The first-order valence-electron chi connectivity index (χ1n) is 9.22. The summed E-state index contributed by atoms with van der Waals surface area (Å²) >= 11 is 3.57. The summed E-state index contributed by atoms with van der Waals surface area (Å²) in [6.45, 7) is 6.42. The summed E-state index contributed by atoms with van der Waals surface area (Å²) in [4.78, 5) is 22.6. The van der Waals surface area contributed by atoms with Crippen molar-refractivity contribution in [2.45, 2.75) is 27.3 Å². The quantitative estimate of drug-likeness (QED) is 0.426. The number of benzene rings is 1. The van der Waals surface area contributed by atoms with Gasteiger partial charge in [0.05, 0.1) is 5.56 Å². The van der Waals surface area contributed by atoms with Crippen molar-refractivity contribution in [3.05, 3.63) is 80.9 Å². The number of aryl methyl sites for hydroxylation is 3. The lowest BCUT2D eigenvalue weighted by atomic mass is 9.93. The van der Waals surface area contributed by atoms with Gasteiger partial charge in [0.25, 0.3) is 5.56 Å². The molecule has 4 rings (SSSR count). The lowest BCUT2D eigenvalue weighted by Gasteiger charge is -2.18. The molecule has 140 valence electrons. The minimum atomic E-state index is -0.0336. The first-order valence-corrected chi connectivity index (χ1v) is 10.0. The summed E-state index contributed by atoms with van der Waals surface area (Å²) in [5.41, 5.74) is 5.90. The maximum absolute atomic E-state index is 13.6. The number of pyridine rings is 3. The smallest absolute Gasteiger partial charge is 0.260 e. The number of nitrogens with zero attached hydrogens (tertiary/aromatic N) is 3. The second-order valence-electron chi connectivity index (χ2n) is 6.82. The number of aromatic nitrogens is 3. The molecule has 0 aliphatic rings. The number of rotatable bonds is 3. The Hall–Kier alpha value is -2.79. The van der Waals surface area contributed by atoms with Crippen LogP contribution in [0.25, 0.3) is 33.3 Å². The Kier molecular flexibility index (Phi) is 4.85. The molecule has 3 heterocycles. The van der Waals surface area contributed by atoms with E-state index in [9.17, 15) is 4.79 Å². The zero-order chi connectivity index (χ0) is 19.8. The van der Waals surface area contributed by atoms with Crippen LogP contribution in [0.4, 0.5) is 0 Å². The monoisotopic (exact) mass is 433 g/mol. The van der Waals surface area contributed by atoms with E-state index in [1.165, 1.54) is 0 Å². The minimum Gasteiger partial charge on any atom is -0.292 e. The predicted octanol–water partition coefficient (Wildman–Crippen LogP) is 5.52. The molecule has 0 saturated heterocycles. The Morgan fingerprint density at radius 1 is 0.964 bits per heavy atom. The lowest BCUT2D eigenvalue weighted by Crippen LogP contribution is -2.23. The van der Waals surface area contributed by atoms with Crippen molar-refractivity contribution in [1.82, 2.24) is 14.5 Å². The van der Waals surface area contributed by atoms with Crippen LogP contribution in [-0.2, 0) is 6.54 Å². The highest BCUT2D eigenvalue weighted by Gasteiger charge is 2.20. The predicted molar refractivity (Wildman–Crippen MR) is 118 cm³/mol. The molecule has 1 aromatic carbocycles. The summed E-state index contributed by atoms with van der Waals surface area (Å²) in [5.74, 6) is 0. The molecule has 0 aliphatic heterocycles. The van der Waals surface area contributed by atoms with Gasteiger partial charge in [0, 0.05) is 39.6 Å². The van der Waals surface area contributed by atoms with Crippen molar-refractivity contribution < 1.29 is 0 Å².